The number of nitrogens with zero attached hydrogens (tertiary/aromatic N) is 5. The number of aromatic amines is 1. The summed E-state index contributed by atoms with van der Waals surface area (Å²) in [5.41, 5.74) is 2.55. The highest BCUT2D eigenvalue weighted by Crippen LogP contribution is 2.32. The molecule has 2 N–H and O–H groups in total. The van der Waals surface area contributed by atoms with Crippen LogP contribution in [-0.4, -0.2) is 96.1 Å². The lowest BCUT2D eigenvalue weighted by Gasteiger charge is -2.33. The first-order valence-corrected chi connectivity index (χ1v) is 15.6. The summed E-state index contributed by atoms with van der Waals surface area (Å²) < 4.78 is 36.2. The first kappa shape index (κ1) is 30.7. The number of ether oxygens (including phenoxy) is 1. The first-order valence-electron chi connectivity index (χ1n) is 14.2. The van der Waals surface area contributed by atoms with Crippen molar-refractivity contribution in [1.29, 1.82) is 0 Å². The second kappa shape index (κ2) is 13.6. The van der Waals surface area contributed by atoms with Crippen molar-refractivity contribution in [2.75, 3.05) is 52.5 Å². The summed E-state index contributed by atoms with van der Waals surface area (Å²) >= 11 is 0. The number of oxime groups is 1. The van der Waals surface area contributed by atoms with Gasteiger partial charge in [0.15, 0.2) is 5.82 Å². The Labute approximate surface area is 240 Å². The van der Waals surface area contributed by atoms with E-state index < -0.39 is 10.0 Å². The quantitative estimate of drug-likeness (QED) is 0.176. The number of hydrogen-bond donors (Lipinski definition) is 2. The van der Waals surface area contributed by atoms with Crippen molar-refractivity contribution in [2.24, 2.45) is 5.16 Å². The molecule has 1 saturated heterocycles. The molecule has 2 aromatic heterocycles. The Morgan fingerprint density at radius 1 is 1.15 bits per heavy atom. The van der Waals surface area contributed by atoms with Gasteiger partial charge in [-0.2, -0.15) is 4.31 Å². The van der Waals surface area contributed by atoms with Crippen LogP contribution in [-0.2, 0) is 21.3 Å². The van der Waals surface area contributed by atoms with Crippen molar-refractivity contribution in [1.82, 2.24) is 23.8 Å². The summed E-state index contributed by atoms with van der Waals surface area (Å²) in [6.07, 6.45) is 3.96. The van der Waals surface area contributed by atoms with Crippen molar-refractivity contribution in [3.05, 3.63) is 45.4 Å². The number of fused-ring (bicyclic) bond motifs is 1. The summed E-state index contributed by atoms with van der Waals surface area (Å²) in [6.45, 7) is 11.2. The summed E-state index contributed by atoms with van der Waals surface area (Å²) in [4.78, 5) is 23.7. The van der Waals surface area contributed by atoms with E-state index in [9.17, 15) is 13.2 Å². The van der Waals surface area contributed by atoms with Crippen LogP contribution in [0.4, 0.5) is 0 Å². The summed E-state index contributed by atoms with van der Waals surface area (Å²) in [5, 5.41) is 17.7. The van der Waals surface area contributed by atoms with Crippen molar-refractivity contribution in [2.45, 2.75) is 51.9 Å². The van der Waals surface area contributed by atoms with Gasteiger partial charge in [-0.05, 0) is 57.0 Å². The predicted molar refractivity (Wildman–Crippen MR) is 157 cm³/mol. The van der Waals surface area contributed by atoms with Crippen LogP contribution < -0.4 is 10.3 Å². The minimum atomic E-state index is -3.77. The number of aliphatic hydroxyl groups is 1. The molecule has 13 heteroatoms. The number of aromatic nitrogens is 3. The topological polar surface area (TPSA) is 142 Å². The highest BCUT2D eigenvalue weighted by Gasteiger charge is 2.29. The fraction of sp³-hybridized carbons (Fsp3) is 0.536. The Morgan fingerprint density at radius 2 is 1.90 bits per heavy atom. The van der Waals surface area contributed by atoms with Crippen molar-refractivity contribution >= 4 is 21.8 Å². The molecule has 0 amide bonds. The van der Waals surface area contributed by atoms with E-state index in [0.29, 0.717) is 67.2 Å². The molecule has 1 aromatic carbocycles. The number of H-pyrrole nitrogens is 1. The number of aliphatic hydroxyl groups excluding tert-OH is 1. The monoisotopic (exact) mass is 588 g/mol. The molecule has 0 bridgehead atoms. The zero-order valence-corrected chi connectivity index (χ0v) is 25.0. The number of benzene rings is 1. The van der Waals surface area contributed by atoms with Crippen LogP contribution in [0.25, 0.3) is 16.9 Å². The summed E-state index contributed by atoms with van der Waals surface area (Å²) in [7, 11) is -3.77. The van der Waals surface area contributed by atoms with Gasteiger partial charge in [0.1, 0.15) is 17.9 Å². The second-order valence-electron chi connectivity index (χ2n) is 9.93. The summed E-state index contributed by atoms with van der Waals surface area (Å²) in [6, 6.07) is 4.69. The number of hydrogen-bond acceptors (Lipinski definition) is 9. The van der Waals surface area contributed by atoms with Crippen LogP contribution in [0.3, 0.4) is 0 Å². The van der Waals surface area contributed by atoms with Crippen LogP contribution in [0.5, 0.6) is 5.75 Å². The number of sulfonamides is 1. The Hall–Kier alpha value is -3.26. The van der Waals surface area contributed by atoms with Crippen LogP contribution in [0, 0.1) is 6.92 Å². The average Bonchev–Trinajstić information content (AvgIpc) is 3.22. The smallest absolute Gasteiger partial charge is 0.275 e. The number of rotatable bonds is 13. The van der Waals surface area contributed by atoms with Crippen molar-refractivity contribution < 1.29 is 23.1 Å². The third-order valence-corrected chi connectivity index (χ3v) is 9.02. The van der Waals surface area contributed by atoms with E-state index >= 15 is 0 Å². The molecule has 4 rings (SSSR count). The average molecular weight is 589 g/mol. The molecule has 0 radical (unpaired) electrons. The van der Waals surface area contributed by atoms with E-state index in [0.717, 1.165) is 25.1 Å². The molecule has 0 spiro atoms. The standard InChI is InChI=1S/C28H40N6O6S/c1-5-8-24-23(19-29-40-17-16-35)20(4)26-28(36)30-27(31-34(24)26)22-18-21(9-10-25(22)39-7-3)41(37,38)33-14-12-32(11-6-2)13-15-33/h9-10,18-19,35H,5-8,11-17H2,1-4H3,(H,30,31,36)/b29-19+. The molecule has 1 aliphatic heterocycles. The third-order valence-electron chi connectivity index (χ3n) is 7.13. The third kappa shape index (κ3) is 6.48. The van der Waals surface area contributed by atoms with Gasteiger partial charge in [0.05, 0.1) is 35.6 Å². The SMILES string of the molecule is CCCc1c(/C=N/OCCO)c(C)c2c(=O)[nH]c(-c3cc(S(=O)(=O)N4CCN(CCC)CC4)ccc3OCC)nn12. The molecular formula is C28H40N6O6S. The van der Waals surface area contributed by atoms with Gasteiger partial charge >= 0.3 is 0 Å². The van der Waals surface area contributed by atoms with Gasteiger partial charge in [0.2, 0.25) is 10.0 Å². The van der Waals surface area contributed by atoms with E-state index in [-0.39, 0.29) is 29.5 Å². The van der Waals surface area contributed by atoms with Gasteiger partial charge in [-0.25, -0.2) is 12.9 Å². The van der Waals surface area contributed by atoms with Gasteiger partial charge < -0.3 is 24.6 Å². The molecule has 0 atom stereocenters. The lowest BCUT2D eigenvalue weighted by Crippen LogP contribution is -2.48. The zero-order valence-electron chi connectivity index (χ0n) is 24.2. The molecule has 3 heterocycles. The minimum absolute atomic E-state index is 0.0584. The first-order chi connectivity index (χ1) is 19.8. The Morgan fingerprint density at radius 3 is 2.56 bits per heavy atom. The van der Waals surface area contributed by atoms with E-state index in [1.54, 1.807) is 16.6 Å². The number of piperazine rings is 1. The largest absolute Gasteiger partial charge is 0.493 e. The summed E-state index contributed by atoms with van der Waals surface area (Å²) in [5.74, 6) is 0.616. The van der Waals surface area contributed by atoms with Gasteiger partial charge in [-0.1, -0.05) is 25.4 Å². The van der Waals surface area contributed by atoms with Gasteiger partial charge in [-0.15, -0.1) is 5.10 Å². The second-order valence-corrected chi connectivity index (χ2v) is 11.9. The molecule has 1 aliphatic rings. The van der Waals surface area contributed by atoms with Crippen LogP contribution in [0.1, 0.15) is 50.4 Å². The molecule has 1 fully saturated rings. The molecule has 0 aliphatic carbocycles. The van der Waals surface area contributed by atoms with E-state index in [2.05, 4.69) is 22.0 Å². The maximum atomic E-state index is 13.6. The minimum Gasteiger partial charge on any atom is -0.493 e. The van der Waals surface area contributed by atoms with Crippen LogP contribution in [0.15, 0.2) is 33.0 Å². The zero-order chi connectivity index (χ0) is 29.6. The Kier molecular flexibility index (Phi) is 10.2. The highest BCUT2D eigenvalue weighted by atomic mass is 32.2. The molecule has 12 nitrogen and oxygen atoms in total. The molecule has 0 unspecified atom stereocenters. The van der Waals surface area contributed by atoms with E-state index in [4.69, 9.17) is 19.8 Å². The van der Waals surface area contributed by atoms with Gasteiger partial charge in [0, 0.05) is 31.7 Å². The molecule has 41 heavy (non-hydrogen) atoms. The van der Waals surface area contributed by atoms with Crippen LogP contribution in [0.2, 0.25) is 0 Å². The molecule has 224 valence electrons. The van der Waals surface area contributed by atoms with Crippen LogP contribution >= 0.6 is 0 Å². The highest BCUT2D eigenvalue weighted by molar-refractivity contribution is 7.89. The number of aryl methyl sites for hydroxylation is 2. The van der Waals surface area contributed by atoms with Crippen molar-refractivity contribution in [3.8, 4) is 17.1 Å². The van der Waals surface area contributed by atoms with Gasteiger partial charge in [-0.3, -0.25) is 4.79 Å². The number of nitrogens with one attached hydrogen (secondary N) is 1. The van der Waals surface area contributed by atoms with Crippen molar-refractivity contribution in [3.63, 3.8) is 0 Å². The molecule has 3 aromatic rings. The Bertz CT molecular complexity index is 1540. The fourth-order valence-corrected chi connectivity index (χ4v) is 6.62. The maximum Gasteiger partial charge on any atom is 0.275 e. The van der Waals surface area contributed by atoms with E-state index in [1.165, 1.54) is 16.6 Å². The predicted octanol–water partition coefficient (Wildman–Crippen LogP) is 2.41. The lowest BCUT2D eigenvalue weighted by molar-refractivity contribution is 0.0997. The Balaban J connectivity index is 1.81. The van der Waals surface area contributed by atoms with E-state index in [1.807, 2.05) is 20.8 Å². The molecular weight excluding hydrogens is 548 g/mol. The molecule has 0 saturated carbocycles. The normalized spacial score (nSPS) is 15.2. The maximum absolute atomic E-state index is 13.6. The fourth-order valence-electron chi connectivity index (χ4n) is 5.17. The van der Waals surface area contributed by atoms with Gasteiger partial charge in [0.25, 0.3) is 5.56 Å². The lowest BCUT2D eigenvalue weighted by atomic mass is 10.1.